The number of benzene rings is 4. The molecule has 0 aliphatic carbocycles. The molecule has 73 heavy (non-hydrogen) atoms. The van der Waals surface area contributed by atoms with Crippen LogP contribution in [0, 0.1) is 0 Å². The van der Waals surface area contributed by atoms with Gasteiger partial charge in [0, 0.05) is 115 Å². The molecule has 2 saturated heterocycles. The number of likely N-dealkylation sites (tertiary alicyclic amines) is 1. The number of ether oxygens (including phenoxy) is 2. The van der Waals surface area contributed by atoms with Gasteiger partial charge in [-0.2, -0.15) is 5.10 Å². The molecular formula is C55H63Br2N9O7. The maximum atomic E-state index is 13.7. The van der Waals surface area contributed by atoms with Crippen molar-refractivity contribution in [1.29, 1.82) is 0 Å². The molecule has 4 aromatic carbocycles. The molecule has 0 unspecified atom stereocenters. The Labute approximate surface area is 441 Å². The number of nitrogens with one attached hydrogen (secondary N) is 1. The number of aliphatic hydroxyl groups is 2. The Hall–Kier alpha value is -5.73. The fourth-order valence-electron chi connectivity index (χ4n) is 10.1. The monoisotopic (exact) mass is 1120 g/mol. The predicted octanol–water partition coefficient (Wildman–Crippen LogP) is 6.82. The number of piperazine rings is 1. The molecule has 16 nitrogen and oxygen atoms in total. The van der Waals surface area contributed by atoms with Gasteiger partial charge in [0.05, 0.1) is 56.3 Å². The average molecular weight is 1120 g/mol. The van der Waals surface area contributed by atoms with Crippen LogP contribution in [-0.2, 0) is 45.7 Å². The SMILES string of the molecule is C[C@H](CC(=O)N1CCC(O)(Cn2cnc3c(-c4ccc(CNC(=O)C=COCCOCCN5CCN(C[C@@H](O)Cn6c7ccc(Br)cc7c7cc(Br)ccc76)CC5)cc4)n(C)nc3c2=O)CC1)c1ccccc1. The third kappa shape index (κ3) is 12.8. The van der Waals surface area contributed by atoms with E-state index in [1.165, 1.54) is 23.2 Å². The fraction of sp³-hybridized carbons (Fsp3) is 0.400. The first-order chi connectivity index (χ1) is 35.3. The predicted molar refractivity (Wildman–Crippen MR) is 290 cm³/mol. The van der Waals surface area contributed by atoms with Crippen LogP contribution < -0.4 is 10.9 Å². The van der Waals surface area contributed by atoms with Crippen LogP contribution in [0.1, 0.15) is 43.2 Å². The zero-order valence-electron chi connectivity index (χ0n) is 41.3. The van der Waals surface area contributed by atoms with Crippen molar-refractivity contribution in [3.63, 3.8) is 0 Å². The summed E-state index contributed by atoms with van der Waals surface area (Å²) in [5.74, 6) is -0.134. The van der Waals surface area contributed by atoms with Crippen molar-refractivity contribution in [2.24, 2.45) is 7.05 Å². The number of rotatable bonds is 20. The van der Waals surface area contributed by atoms with Crippen LogP contribution in [0.2, 0.25) is 0 Å². The topological polar surface area (TPSA) is 172 Å². The summed E-state index contributed by atoms with van der Waals surface area (Å²) in [4.78, 5) is 50.5. The number of β-amino-alcohol motifs (C(OH)–C–C–N with tert-alkyl or cyclic N) is 1. The molecule has 384 valence electrons. The number of fused-ring (bicyclic) bond motifs is 4. The highest BCUT2D eigenvalue weighted by molar-refractivity contribution is 9.10. The van der Waals surface area contributed by atoms with Gasteiger partial charge in [0.2, 0.25) is 11.8 Å². The van der Waals surface area contributed by atoms with E-state index in [-0.39, 0.29) is 35.4 Å². The first kappa shape index (κ1) is 52.1. The zero-order chi connectivity index (χ0) is 51.1. The van der Waals surface area contributed by atoms with Crippen molar-refractivity contribution in [2.75, 3.05) is 72.2 Å². The number of aliphatic hydroxyl groups excluding tert-OH is 1. The number of amides is 2. The largest absolute Gasteiger partial charge is 0.499 e. The summed E-state index contributed by atoms with van der Waals surface area (Å²) in [5, 5.41) is 32.5. The van der Waals surface area contributed by atoms with E-state index in [0.29, 0.717) is 83.0 Å². The molecule has 3 aromatic heterocycles. The normalized spacial score (nSPS) is 16.4. The maximum absolute atomic E-state index is 13.7. The molecule has 5 heterocycles. The minimum Gasteiger partial charge on any atom is -0.499 e. The van der Waals surface area contributed by atoms with Crippen molar-refractivity contribution in [3.8, 4) is 11.3 Å². The van der Waals surface area contributed by atoms with Gasteiger partial charge in [-0.05, 0) is 66.3 Å². The van der Waals surface area contributed by atoms with Crippen LogP contribution in [0.3, 0.4) is 0 Å². The highest BCUT2D eigenvalue weighted by Gasteiger charge is 2.35. The van der Waals surface area contributed by atoms with Crippen molar-refractivity contribution < 1.29 is 29.3 Å². The molecule has 0 saturated carbocycles. The number of aromatic nitrogens is 5. The lowest BCUT2D eigenvalue weighted by Gasteiger charge is -2.38. The van der Waals surface area contributed by atoms with Crippen molar-refractivity contribution in [1.82, 2.24) is 43.9 Å². The second kappa shape index (κ2) is 23.6. The average Bonchev–Trinajstić information content (AvgIpc) is 3.88. The second-order valence-electron chi connectivity index (χ2n) is 19.4. The highest BCUT2D eigenvalue weighted by atomic mass is 79.9. The van der Waals surface area contributed by atoms with Crippen LogP contribution in [0.4, 0.5) is 0 Å². The molecule has 0 spiro atoms. The standard InChI is InChI=1S/C55H63Br2N9O7/c1-38(40-6-4-3-5-7-40)30-50(69)64-19-17-55(71,18-20-64)36-65-37-59-51-52(54(65)70)60-61(2)53(51)41-10-8-39(9-11-41)33-58-49(68)16-26-72-28-29-73-27-25-62-21-23-63(24-22-62)34-44(67)35-66-47-14-12-42(56)31-45(47)46-32-43(57)13-15-48(46)66/h3-16,26,31-32,37-38,44,67,71H,17-25,27-30,33-36H2,1-2H3,(H,58,68)/t38-,44-/m1/s1. The molecule has 18 heteroatoms. The van der Waals surface area contributed by atoms with Crippen LogP contribution in [0.15, 0.2) is 123 Å². The third-order valence-corrected chi connectivity index (χ3v) is 15.2. The molecule has 2 atom stereocenters. The fourth-order valence-corrected chi connectivity index (χ4v) is 10.8. The molecule has 7 aromatic rings. The van der Waals surface area contributed by atoms with Gasteiger partial charge in [0.15, 0.2) is 5.52 Å². The quantitative estimate of drug-likeness (QED) is 0.0416. The molecular weight excluding hydrogens is 1060 g/mol. The van der Waals surface area contributed by atoms with Gasteiger partial charge in [0.25, 0.3) is 5.56 Å². The summed E-state index contributed by atoms with van der Waals surface area (Å²) in [6.45, 7) is 10.1. The van der Waals surface area contributed by atoms with Crippen LogP contribution in [-0.4, -0.2) is 145 Å². The zero-order valence-corrected chi connectivity index (χ0v) is 44.5. The minimum atomic E-state index is -1.16. The number of halogens is 2. The Morgan fingerprint density at radius 3 is 2.19 bits per heavy atom. The van der Waals surface area contributed by atoms with Gasteiger partial charge >= 0.3 is 0 Å². The highest BCUT2D eigenvalue weighted by Crippen LogP contribution is 2.34. The van der Waals surface area contributed by atoms with Crippen molar-refractivity contribution in [3.05, 3.63) is 140 Å². The van der Waals surface area contributed by atoms with Gasteiger partial charge in [-0.25, -0.2) is 4.98 Å². The number of aryl methyl sites for hydroxylation is 1. The Morgan fingerprint density at radius 1 is 0.836 bits per heavy atom. The number of nitrogens with zero attached hydrogens (tertiary/aromatic N) is 8. The maximum Gasteiger partial charge on any atom is 0.281 e. The number of hydrogen-bond acceptors (Lipinski definition) is 11. The third-order valence-electron chi connectivity index (χ3n) is 14.2. The molecule has 2 amide bonds. The molecule has 2 fully saturated rings. The van der Waals surface area contributed by atoms with E-state index in [1.807, 2.05) is 78.6 Å². The number of carbonyl (C=O) groups excluding carboxylic acids is 2. The van der Waals surface area contributed by atoms with E-state index in [0.717, 1.165) is 80.2 Å². The first-order valence-electron chi connectivity index (χ1n) is 25.0. The minimum absolute atomic E-state index is 0.0546. The van der Waals surface area contributed by atoms with Crippen LogP contribution in [0.5, 0.6) is 0 Å². The molecule has 0 radical (unpaired) electrons. The van der Waals surface area contributed by atoms with E-state index in [9.17, 15) is 24.6 Å². The number of hydrogen-bond donors (Lipinski definition) is 3. The van der Waals surface area contributed by atoms with E-state index >= 15 is 0 Å². The first-order valence-corrected chi connectivity index (χ1v) is 26.6. The lowest BCUT2D eigenvalue weighted by molar-refractivity contribution is -0.136. The molecule has 9 rings (SSSR count). The Balaban J connectivity index is 0.651. The summed E-state index contributed by atoms with van der Waals surface area (Å²) in [5.41, 5.74) is 4.87. The van der Waals surface area contributed by atoms with Gasteiger partial charge in [-0.1, -0.05) is 93.4 Å². The van der Waals surface area contributed by atoms with Gasteiger partial charge in [-0.3, -0.25) is 33.4 Å². The van der Waals surface area contributed by atoms with Gasteiger partial charge in [0.1, 0.15) is 12.1 Å². The van der Waals surface area contributed by atoms with Crippen LogP contribution in [0.25, 0.3) is 44.1 Å². The number of piperidine rings is 1. The van der Waals surface area contributed by atoms with Crippen molar-refractivity contribution >= 4 is 76.5 Å². The summed E-state index contributed by atoms with van der Waals surface area (Å²) >= 11 is 7.23. The molecule has 2 aliphatic heterocycles. The lowest BCUT2D eigenvalue weighted by atomic mass is 9.90. The number of carbonyl (C=O) groups is 2. The van der Waals surface area contributed by atoms with Gasteiger partial charge < -0.3 is 34.5 Å². The Morgan fingerprint density at radius 2 is 1.51 bits per heavy atom. The molecule has 2 aliphatic rings. The lowest BCUT2D eigenvalue weighted by Crippen LogP contribution is -2.49. The molecule has 0 bridgehead atoms. The summed E-state index contributed by atoms with van der Waals surface area (Å²) < 4.78 is 18.7. The van der Waals surface area contributed by atoms with E-state index in [2.05, 4.69) is 85.9 Å². The van der Waals surface area contributed by atoms with Crippen LogP contribution >= 0.6 is 31.9 Å². The Bertz CT molecular complexity index is 3060. The summed E-state index contributed by atoms with van der Waals surface area (Å²) in [6, 6.07) is 30.2. The van der Waals surface area contributed by atoms with Crippen molar-refractivity contribution in [2.45, 2.75) is 63.4 Å². The summed E-state index contributed by atoms with van der Waals surface area (Å²) in [7, 11) is 1.76. The van der Waals surface area contributed by atoms with E-state index < -0.39 is 11.7 Å². The van der Waals surface area contributed by atoms with E-state index in [1.54, 1.807) is 11.7 Å². The van der Waals surface area contributed by atoms with Gasteiger partial charge in [-0.15, -0.1) is 0 Å². The van der Waals surface area contributed by atoms with E-state index in [4.69, 9.17) is 9.47 Å². The smallest absolute Gasteiger partial charge is 0.281 e. The molecule has 3 N–H and O–H groups in total. The Kier molecular flexibility index (Phi) is 16.9. The summed E-state index contributed by atoms with van der Waals surface area (Å²) in [6.07, 6.45) is 4.80. The second-order valence-corrected chi connectivity index (χ2v) is 21.2.